The predicted molar refractivity (Wildman–Crippen MR) is 72.7 cm³/mol. The van der Waals surface area contributed by atoms with Gasteiger partial charge in [-0.3, -0.25) is 0 Å². The molecular weight excluding hydrogens is 280 g/mol. The van der Waals surface area contributed by atoms with Crippen LogP contribution in [0.4, 0.5) is 0 Å². The lowest BCUT2D eigenvalue weighted by Gasteiger charge is -2.25. The Morgan fingerprint density at radius 3 is 3.20 bits per heavy atom. The molecule has 3 rings (SSSR count). The van der Waals surface area contributed by atoms with Crippen LogP contribution in [0.2, 0.25) is 5.15 Å². The van der Waals surface area contributed by atoms with E-state index in [1.54, 1.807) is 6.26 Å². The van der Waals surface area contributed by atoms with Gasteiger partial charge in [0.25, 0.3) is 0 Å². The van der Waals surface area contributed by atoms with Crippen LogP contribution in [0, 0.1) is 0 Å². The molecule has 3 heterocycles. The van der Waals surface area contributed by atoms with E-state index in [-0.39, 0.29) is 12.0 Å². The van der Waals surface area contributed by atoms with Crippen LogP contribution in [0.25, 0.3) is 0 Å². The number of carbonyl (C=O) groups is 1. The molecule has 0 amide bonds. The maximum Gasteiger partial charge on any atom is 0.328 e. The summed E-state index contributed by atoms with van der Waals surface area (Å²) in [5.74, 6) is 1.29. The van der Waals surface area contributed by atoms with Gasteiger partial charge in [-0.1, -0.05) is 11.6 Å². The highest BCUT2D eigenvalue weighted by Crippen LogP contribution is 2.32. The molecule has 20 heavy (non-hydrogen) atoms. The SMILES string of the molecule is COC(=O)C1CCCc2c(Cl)nc(Cc3ccco3)n21. The van der Waals surface area contributed by atoms with Gasteiger partial charge >= 0.3 is 5.97 Å². The van der Waals surface area contributed by atoms with Crippen molar-refractivity contribution >= 4 is 17.6 Å². The van der Waals surface area contributed by atoms with Crippen molar-refractivity contribution in [3.05, 3.63) is 40.8 Å². The molecule has 0 spiro atoms. The summed E-state index contributed by atoms with van der Waals surface area (Å²) in [7, 11) is 1.40. The van der Waals surface area contributed by atoms with E-state index in [0.717, 1.165) is 36.5 Å². The van der Waals surface area contributed by atoms with Gasteiger partial charge in [-0.2, -0.15) is 0 Å². The number of rotatable bonds is 3. The maximum atomic E-state index is 12.0. The van der Waals surface area contributed by atoms with Crippen molar-refractivity contribution < 1.29 is 13.9 Å². The average Bonchev–Trinajstić information content (AvgIpc) is 3.07. The molecule has 1 aliphatic rings. The molecule has 0 N–H and O–H groups in total. The standard InChI is InChI=1S/C14H15ClN2O3/c1-19-14(18)11-6-2-5-10-13(15)16-12(17(10)11)8-9-4-3-7-20-9/h3-4,7,11H,2,5-6,8H2,1H3. The van der Waals surface area contributed by atoms with Crippen molar-refractivity contribution in [2.45, 2.75) is 31.7 Å². The summed E-state index contributed by atoms with van der Waals surface area (Å²) in [5.41, 5.74) is 0.912. The Morgan fingerprint density at radius 1 is 1.65 bits per heavy atom. The van der Waals surface area contributed by atoms with Crippen molar-refractivity contribution in [2.75, 3.05) is 7.11 Å². The van der Waals surface area contributed by atoms with Gasteiger partial charge in [-0.25, -0.2) is 9.78 Å². The number of furan rings is 1. The average molecular weight is 295 g/mol. The molecule has 0 radical (unpaired) electrons. The summed E-state index contributed by atoms with van der Waals surface area (Å²) in [4.78, 5) is 16.4. The Hall–Kier alpha value is -1.75. The number of imidazole rings is 1. The van der Waals surface area contributed by atoms with Gasteiger partial charge in [-0.05, 0) is 31.4 Å². The molecule has 0 aromatic carbocycles. The Labute approximate surface area is 121 Å². The minimum absolute atomic E-state index is 0.249. The van der Waals surface area contributed by atoms with Gasteiger partial charge < -0.3 is 13.7 Å². The number of halogens is 1. The number of carbonyl (C=O) groups excluding carboxylic acids is 1. The first-order valence-electron chi connectivity index (χ1n) is 6.56. The predicted octanol–water partition coefficient (Wildman–Crippen LogP) is 2.77. The monoisotopic (exact) mass is 294 g/mol. The first-order chi connectivity index (χ1) is 9.70. The highest BCUT2D eigenvalue weighted by atomic mass is 35.5. The summed E-state index contributed by atoms with van der Waals surface area (Å²) in [6.45, 7) is 0. The number of hydrogen-bond acceptors (Lipinski definition) is 4. The van der Waals surface area contributed by atoms with Crippen LogP contribution in [0.15, 0.2) is 22.8 Å². The highest BCUT2D eigenvalue weighted by Gasteiger charge is 2.31. The van der Waals surface area contributed by atoms with E-state index in [1.807, 2.05) is 16.7 Å². The molecule has 1 aliphatic heterocycles. The molecule has 0 fully saturated rings. The van der Waals surface area contributed by atoms with E-state index in [9.17, 15) is 4.79 Å². The van der Waals surface area contributed by atoms with Crippen molar-refractivity contribution in [1.29, 1.82) is 0 Å². The first kappa shape index (κ1) is 13.2. The van der Waals surface area contributed by atoms with Crippen molar-refractivity contribution in [3.8, 4) is 0 Å². The number of methoxy groups -OCH3 is 1. The third-order valence-electron chi connectivity index (χ3n) is 3.62. The van der Waals surface area contributed by atoms with Gasteiger partial charge in [0.1, 0.15) is 17.6 Å². The number of fused-ring (bicyclic) bond motifs is 1. The van der Waals surface area contributed by atoms with Crippen LogP contribution in [0.5, 0.6) is 0 Å². The fourth-order valence-corrected chi connectivity index (χ4v) is 3.01. The normalized spacial score (nSPS) is 17.8. The van der Waals surface area contributed by atoms with Gasteiger partial charge in [0.15, 0.2) is 5.15 Å². The van der Waals surface area contributed by atoms with Gasteiger partial charge in [0.05, 0.1) is 25.5 Å². The Balaban J connectivity index is 2.01. The lowest BCUT2D eigenvalue weighted by atomic mass is 10.0. The fourth-order valence-electron chi connectivity index (χ4n) is 2.72. The molecule has 0 saturated heterocycles. The molecule has 1 unspecified atom stereocenters. The third-order valence-corrected chi connectivity index (χ3v) is 3.93. The minimum atomic E-state index is -0.339. The fraction of sp³-hybridized carbons (Fsp3) is 0.429. The molecule has 0 aliphatic carbocycles. The van der Waals surface area contributed by atoms with Gasteiger partial charge in [-0.15, -0.1) is 0 Å². The van der Waals surface area contributed by atoms with Gasteiger partial charge in [0.2, 0.25) is 0 Å². The molecule has 0 saturated carbocycles. The number of nitrogens with zero attached hydrogens (tertiary/aromatic N) is 2. The molecule has 2 aromatic heterocycles. The van der Waals surface area contributed by atoms with E-state index in [1.165, 1.54) is 7.11 Å². The summed E-state index contributed by atoms with van der Waals surface area (Å²) in [6.07, 6.45) is 4.62. The van der Waals surface area contributed by atoms with E-state index in [0.29, 0.717) is 11.6 Å². The van der Waals surface area contributed by atoms with Crippen LogP contribution < -0.4 is 0 Å². The maximum absolute atomic E-state index is 12.0. The minimum Gasteiger partial charge on any atom is -0.469 e. The third kappa shape index (κ3) is 2.22. The van der Waals surface area contributed by atoms with E-state index >= 15 is 0 Å². The van der Waals surface area contributed by atoms with Crippen molar-refractivity contribution in [3.63, 3.8) is 0 Å². The lowest BCUT2D eigenvalue weighted by Crippen LogP contribution is -2.27. The molecule has 2 aromatic rings. The molecule has 6 heteroatoms. The summed E-state index contributed by atoms with van der Waals surface area (Å²) in [6, 6.07) is 3.37. The Morgan fingerprint density at radius 2 is 2.50 bits per heavy atom. The zero-order chi connectivity index (χ0) is 14.1. The van der Waals surface area contributed by atoms with E-state index in [2.05, 4.69) is 4.98 Å². The Bertz CT molecular complexity index is 619. The molecule has 5 nitrogen and oxygen atoms in total. The summed E-state index contributed by atoms with van der Waals surface area (Å²) < 4.78 is 12.2. The second kappa shape index (κ2) is 5.32. The number of ether oxygens (including phenoxy) is 1. The van der Waals surface area contributed by atoms with Crippen LogP contribution in [0.1, 0.15) is 36.2 Å². The molecule has 1 atom stereocenters. The number of esters is 1. The summed E-state index contributed by atoms with van der Waals surface area (Å²) in [5, 5.41) is 0.472. The van der Waals surface area contributed by atoms with Crippen molar-refractivity contribution in [1.82, 2.24) is 9.55 Å². The van der Waals surface area contributed by atoms with E-state index < -0.39 is 0 Å². The van der Waals surface area contributed by atoms with Crippen LogP contribution in [-0.2, 0) is 22.4 Å². The largest absolute Gasteiger partial charge is 0.469 e. The molecular formula is C14H15ClN2O3. The smallest absolute Gasteiger partial charge is 0.328 e. The van der Waals surface area contributed by atoms with Crippen molar-refractivity contribution in [2.24, 2.45) is 0 Å². The van der Waals surface area contributed by atoms with Crippen LogP contribution in [0.3, 0.4) is 0 Å². The number of hydrogen-bond donors (Lipinski definition) is 0. The quantitative estimate of drug-likeness (QED) is 0.817. The lowest BCUT2D eigenvalue weighted by molar-refractivity contribution is -0.145. The summed E-state index contributed by atoms with van der Waals surface area (Å²) >= 11 is 6.20. The second-order valence-electron chi connectivity index (χ2n) is 4.82. The molecule has 106 valence electrons. The second-order valence-corrected chi connectivity index (χ2v) is 5.18. The van der Waals surface area contributed by atoms with Crippen LogP contribution in [-0.4, -0.2) is 22.6 Å². The van der Waals surface area contributed by atoms with E-state index in [4.69, 9.17) is 20.8 Å². The first-order valence-corrected chi connectivity index (χ1v) is 6.94. The molecule has 0 bridgehead atoms. The zero-order valence-electron chi connectivity index (χ0n) is 11.1. The zero-order valence-corrected chi connectivity index (χ0v) is 11.9. The topological polar surface area (TPSA) is 57.3 Å². The van der Waals surface area contributed by atoms with Crippen LogP contribution >= 0.6 is 11.6 Å². The highest BCUT2D eigenvalue weighted by molar-refractivity contribution is 6.30. The number of aromatic nitrogens is 2. The van der Waals surface area contributed by atoms with Gasteiger partial charge in [0, 0.05) is 0 Å². The Kier molecular flexibility index (Phi) is 3.53.